The second kappa shape index (κ2) is 10.9. The molecule has 0 aliphatic heterocycles. The van der Waals surface area contributed by atoms with Crippen molar-refractivity contribution in [3.05, 3.63) is 93.9 Å². The molecule has 1 heterocycles. The van der Waals surface area contributed by atoms with E-state index in [1.807, 2.05) is 60.7 Å². The number of anilines is 1. The largest absolute Gasteiger partial charge is 0.357 e. The van der Waals surface area contributed by atoms with Crippen LogP contribution in [0.1, 0.15) is 16.8 Å². The third kappa shape index (κ3) is 6.93. The summed E-state index contributed by atoms with van der Waals surface area (Å²) in [5, 5.41) is 6.40. The Hall–Kier alpha value is -3.72. The molecule has 0 aliphatic carbocycles. The van der Waals surface area contributed by atoms with E-state index in [2.05, 4.69) is 26.5 Å². The van der Waals surface area contributed by atoms with Crippen LogP contribution in [0.2, 0.25) is 0 Å². The van der Waals surface area contributed by atoms with E-state index in [1.165, 1.54) is 10.6 Å². The third-order valence-electron chi connectivity index (χ3n) is 4.34. The highest BCUT2D eigenvalue weighted by molar-refractivity contribution is 7.80. The van der Waals surface area contributed by atoms with E-state index in [0.29, 0.717) is 24.7 Å². The Morgan fingerprint density at radius 2 is 1.58 bits per heavy atom. The molecule has 9 heteroatoms. The van der Waals surface area contributed by atoms with E-state index >= 15 is 0 Å². The number of hydrogen-bond acceptors (Lipinski definition) is 5. The number of aryl methyl sites for hydroxylation is 1. The molecule has 3 rings (SSSR count). The van der Waals surface area contributed by atoms with Crippen LogP contribution < -0.4 is 27.0 Å². The van der Waals surface area contributed by atoms with Gasteiger partial charge in [-0.05, 0) is 30.3 Å². The Morgan fingerprint density at radius 3 is 2.23 bits per heavy atom. The second-order valence-corrected chi connectivity index (χ2v) is 7.23. The summed E-state index contributed by atoms with van der Waals surface area (Å²) in [4.78, 5) is 29.2. The molecule has 0 unspecified atom stereocenters. The van der Waals surface area contributed by atoms with Gasteiger partial charge in [-0.3, -0.25) is 25.0 Å². The average Bonchev–Trinajstić information content (AvgIpc) is 2.78. The molecule has 4 N–H and O–H groups in total. The number of aromatic nitrogens is 2. The van der Waals surface area contributed by atoms with Crippen LogP contribution in [0.3, 0.4) is 0 Å². The number of hydrogen-bond donors (Lipinski definition) is 4. The van der Waals surface area contributed by atoms with Gasteiger partial charge in [0, 0.05) is 24.8 Å². The van der Waals surface area contributed by atoms with E-state index in [1.54, 1.807) is 6.92 Å². The molecule has 1 aromatic heterocycles. The summed E-state index contributed by atoms with van der Waals surface area (Å²) < 4.78 is 1.29. The van der Waals surface area contributed by atoms with E-state index in [-0.39, 0.29) is 17.2 Å². The van der Waals surface area contributed by atoms with Gasteiger partial charge >= 0.3 is 0 Å². The Balaban J connectivity index is 1.56. The summed E-state index contributed by atoms with van der Waals surface area (Å²) in [5.41, 5.74) is 7.49. The number of thiocarbonyl (C=S) groups is 1. The fourth-order valence-electron chi connectivity index (χ4n) is 2.82. The molecule has 0 bridgehead atoms. The van der Waals surface area contributed by atoms with Gasteiger partial charge in [0.15, 0.2) is 5.11 Å². The van der Waals surface area contributed by atoms with Crippen molar-refractivity contribution < 1.29 is 4.79 Å². The minimum absolute atomic E-state index is 0.211. The molecule has 0 aliphatic rings. The monoisotopic (exact) mass is 436 g/mol. The summed E-state index contributed by atoms with van der Waals surface area (Å²) in [7, 11) is 0. The van der Waals surface area contributed by atoms with Crippen LogP contribution in [0.15, 0.2) is 71.5 Å². The fourth-order valence-corrected chi connectivity index (χ4v) is 2.94. The Labute approximate surface area is 185 Å². The van der Waals surface area contributed by atoms with Crippen molar-refractivity contribution in [2.45, 2.75) is 26.6 Å². The summed E-state index contributed by atoms with van der Waals surface area (Å²) in [6.07, 6.45) is 0. The number of amides is 1. The predicted octanol–water partition coefficient (Wildman–Crippen LogP) is 1.86. The van der Waals surface area contributed by atoms with Crippen LogP contribution in [0.5, 0.6) is 0 Å². The quantitative estimate of drug-likeness (QED) is 0.331. The van der Waals surface area contributed by atoms with Crippen molar-refractivity contribution in [1.82, 2.24) is 25.7 Å². The summed E-state index contributed by atoms with van der Waals surface area (Å²) in [6, 6.07) is 20.9. The van der Waals surface area contributed by atoms with Gasteiger partial charge in [0.2, 0.25) is 5.95 Å². The molecule has 0 saturated heterocycles. The molecular formula is C22H24N6O2S. The molecule has 0 atom stereocenters. The zero-order valence-electron chi connectivity index (χ0n) is 17.1. The highest BCUT2D eigenvalue weighted by atomic mass is 32.1. The minimum atomic E-state index is -0.431. The molecule has 3 aromatic rings. The maximum absolute atomic E-state index is 12.4. The maximum atomic E-state index is 12.4. The van der Waals surface area contributed by atoms with Crippen molar-refractivity contribution in [3.8, 4) is 0 Å². The van der Waals surface area contributed by atoms with Crippen LogP contribution in [0, 0.1) is 6.92 Å². The standard InChI is InChI=1S/C22H24N6O2S/c1-16-12-20(30)28(21(25-16)23-13-17-8-4-2-5-9-17)15-19(29)26-27-22(31)24-14-18-10-6-3-7-11-18/h2-12H,13-15H2,1H3,(H,23,25)(H,26,29)(H2,24,27,31). The zero-order valence-corrected chi connectivity index (χ0v) is 17.9. The molecule has 0 spiro atoms. The van der Waals surface area contributed by atoms with Crippen molar-refractivity contribution in [2.75, 3.05) is 5.32 Å². The van der Waals surface area contributed by atoms with Crippen molar-refractivity contribution in [1.29, 1.82) is 0 Å². The summed E-state index contributed by atoms with van der Waals surface area (Å²) >= 11 is 5.17. The lowest BCUT2D eigenvalue weighted by Gasteiger charge is -2.15. The van der Waals surface area contributed by atoms with Crippen molar-refractivity contribution in [3.63, 3.8) is 0 Å². The molecule has 0 radical (unpaired) electrons. The summed E-state index contributed by atoms with van der Waals surface area (Å²) in [5.74, 6) is -0.104. The number of rotatable bonds is 7. The zero-order chi connectivity index (χ0) is 22.1. The lowest BCUT2D eigenvalue weighted by molar-refractivity contribution is -0.122. The first-order valence-electron chi connectivity index (χ1n) is 9.74. The lowest BCUT2D eigenvalue weighted by Crippen LogP contribution is -2.48. The number of carbonyl (C=O) groups excluding carboxylic acids is 1. The van der Waals surface area contributed by atoms with Crippen LogP contribution in [-0.2, 0) is 24.4 Å². The average molecular weight is 437 g/mol. The number of nitrogens with zero attached hydrogens (tertiary/aromatic N) is 2. The molecule has 2 aromatic carbocycles. The van der Waals surface area contributed by atoms with Gasteiger partial charge in [0.1, 0.15) is 6.54 Å². The topological polar surface area (TPSA) is 100 Å². The maximum Gasteiger partial charge on any atom is 0.258 e. The van der Waals surface area contributed by atoms with Gasteiger partial charge in [-0.15, -0.1) is 0 Å². The first-order chi connectivity index (χ1) is 15.0. The Bertz CT molecular complexity index is 1090. The van der Waals surface area contributed by atoms with E-state index in [4.69, 9.17) is 12.2 Å². The Morgan fingerprint density at radius 1 is 0.968 bits per heavy atom. The molecule has 31 heavy (non-hydrogen) atoms. The van der Waals surface area contributed by atoms with E-state index in [0.717, 1.165) is 11.1 Å². The summed E-state index contributed by atoms with van der Waals surface area (Å²) in [6.45, 7) is 2.52. The number of carbonyl (C=O) groups is 1. The van der Waals surface area contributed by atoms with Crippen LogP contribution in [0.4, 0.5) is 5.95 Å². The lowest BCUT2D eigenvalue weighted by atomic mass is 10.2. The molecule has 160 valence electrons. The van der Waals surface area contributed by atoms with Gasteiger partial charge in [-0.2, -0.15) is 0 Å². The van der Waals surface area contributed by atoms with Gasteiger partial charge in [-0.25, -0.2) is 4.98 Å². The predicted molar refractivity (Wildman–Crippen MR) is 124 cm³/mol. The normalized spacial score (nSPS) is 10.2. The number of nitrogens with one attached hydrogen (secondary N) is 4. The first kappa shape index (κ1) is 22.0. The minimum Gasteiger partial charge on any atom is -0.357 e. The molecule has 1 amide bonds. The molecule has 0 saturated carbocycles. The molecule has 8 nitrogen and oxygen atoms in total. The van der Waals surface area contributed by atoms with Gasteiger partial charge in [0.25, 0.3) is 11.5 Å². The highest BCUT2D eigenvalue weighted by Gasteiger charge is 2.11. The van der Waals surface area contributed by atoms with Gasteiger partial charge < -0.3 is 10.6 Å². The highest BCUT2D eigenvalue weighted by Crippen LogP contribution is 2.06. The van der Waals surface area contributed by atoms with Crippen molar-refractivity contribution in [2.24, 2.45) is 0 Å². The van der Waals surface area contributed by atoms with Crippen LogP contribution in [0.25, 0.3) is 0 Å². The third-order valence-corrected chi connectivity index (χ3v) is 4.59. The fraction of sp³-hybridized carbons (Fsp3) is 0.182. The van der Waals surface area contributed by atoms with E-state index < -0.39 is 5.91 Å². The molecule has 0 fully saturated rings. The smallest absolute Gasteiger partial charge is 0.258 e. The van der Waals surface area contributed by atoms with Gasteiger partial charge in [-0.1, -0.05) is 60.7 Å². The second-order valence-electron chi connectivity index (χ2n) is 6.83. The Kier molecular flexibility index (Phi) is 7.72. The number of benzene rings is 2. The van der Waals surface area contributed by atoms with Crippen LogP contribution >= 0.6 is 12.2 Å². The SMILES string of the molecule is Cc1cc(=O)n(CC(=O)NNC(=S)NCc2ccccc2)c(NCc2ccccc2)n1. The number of hydrazine groups is 1. The van der Waals surface area contributed by atoms with Crippen molar-refractivity contribution >= 4 is 29.2 Å². The van der Waals surface area contributed by atoms with Crippen LogP contribution in [-0.4, -0.2) is 20.6 Å². The first-order valence-corrected chi connectivity index (χ1v) is 10.1. The van der Waals surface area contributed by atoms with Gasteiger partial charge in [0.05, 0.1) is 0 Å². The van der Waals surface area contributed by atoms with E-state index in [9.17, 15) is 9.59 Å². The molecular weight excluding hydrogens is 412 g/mol.